The summed E-state index contributed by atoms with van der Waals surface area (Å²) in [6, 6.07) is 0.0286. The van der Waals surface area contributed by atoms with Crippen LogP contribution < -0.4 is 0 Å². The Morgan fingerprint density at radius 3 is 3.06 bits per heavy atom. The van der Waals surface area contributed by atoms with Gasteiger partial charge in [-0.05, 0) is 31.9 Å². The van der Waals surface area contributed by atoms with Crippen LogP contribution in [0.15, 0.2) is 4.52 Å². The number of carbonyl (C=O) groups is 1. The lowest BCUT2D eigenvalue weighted by Gasteiger charge is -2.21. The Balaban J connectivity index is 1.74. The summed E-state index contributed by atoms with van der Waals surface area (Å²) in [5.41, 5.74) is 0. The molecular weight excluding hydrogens is 250 g/mol. The average molecular weight is 267 g/mol. The van der Waals surface area contributed by atoms with E-state index in [1.165, 1.54) is 0 Å². The van der Waals surface area contributed by atoms with E-state index in [1.54, 1.807) is 11.8 Å². The summed E-state index contributed by atoms with van der Waals surface area (Å²) >= 11 is 1.56. The number of likely N-dealkylation sites (tertiary alicyclic amines) is 1. The van der Waals surface area contributed by atoms with Crippen molar-refractivity contribution in [1.82, 2.24) is 15.0 Å². The minimum absolute atomic E-state index is 0.0286. The number of aromatic nitrogens is 2. The van der Waals surface area contributed by atoms with E-state index in [0.29, 0.717) is 17.5 Å². The first-order chi connectivity index (χ1) is 8.79. The lowest BCUT2D eigenvalue weighted by atomic mass is 10.2. The van der Waals surface area contributed by atoms with Crippen LogP contribution in [0.25, 0.3) is 0 Å². The predicted octanol–water partition coefficient (Wildman–Crippen LogP) is 1.97. The van der Waals surface area contributed by atoms with Crippen LogP contribution >= 0.6 is 11.8 Å². The topological polar surface area (TPSA) is 59.2 Å². The maximum Gasteiger partial charge on any atom is 0.233 e. The van der Waals surface area contributed by atoms with Crippen molar-refractivity contribution >= 4 is 17.7 Å². The van der Waals surface area contributed by atoms with Gasteiger partial charge in [-0.2, -0.15) is 16.7 Å². The molecule has 1 saturated carbocycles. The van der Waals surface area contributed by atoms with Crippen molar-refractivity contribution < 1.29 is 9.32 Å². The van der Waals surface area contributed by atoms with Crippen molar-refractivity contribution in [3.05, 3.63) is 11.7 Å². The molecule has 2 aliphatic rings. The Kier molecular flexibility index (Phi) is 3.28. The molecule has 0 spiro atoms. The van der Waals surface area contributed by atoms with E-state index in [-0.39, 0.29) is 11.9 Å². The zero-order chi connectivity index (χ0) is 12.5. The smallest absolute Gasteiger partial charge is 0.233 e. The van der Waals surface area contributed by atoms with Gasteiger partial charge in [0.15, 0.2) is 5.82 Å². The molecule has 0 bridgehead atoms. The van der Waals surface area contributed by atoms with Gasteiger partial charge in [-0.15, -0.1) is 0 Å². The second-order valence-corrected chi connectivity index (χ2v) is 5.81. The zero-order valence-electron chi connectivity index (χ0n) is 10.5. The summed E-state index contributed by atoms with van der Waals surface area (Å²) < 4.78 is 5.28. The van der Waals surface area contributed by atoms with Crippen molar-refractivity contribution in [2.45, 2.75) is 37.6 Å². The third-order valence-corrected chi connectivity index (χ3v) is 4.06. The average Bonchev–Trinajstić information content (AvgIpc) is 2.93. The van der Waals surface area contributed by atoms with Crippen molar-refractivity contribution in [3.8, 4) is 0 Å². The Labute approximate surface area is 110 Å². The van der Waals surface area contributed by atoms with Crippen LogP contribution in [0.1, 0.15) is 49.4 Å². The van der Waals surface area contributed by atoms with Gasteiger partial charge in [0.1, 0.15) is 0 Å². The van der Waals surface area contributed by atoms with Crippen LogP contribution in [-0.4, -0.2) is 39.5 Å². The highest BCUT2D eigenvalue weighted by atomic mass is 32.2. The largest absolute Gasteiger partial charge is 0.339 e. The number of carbonyl (C=O) groups excluding carboxylic acids is 1. The van der Waals surface area contributed by atoms with Crippen LogP contribution in [0.3, 0.4) is 0 Å². The zero-order valence-corrected chi connectivity index (χ0v) is 11.3. The number of hydrogen-bond donors (Lipinski definition) is 0. The van der Waals surface area contributed by atoms with E-state index < -0.39 is 0 Å². The summed E-state index contributed by atoms with van der Waals surface area (Å²) in [6.45, 7) is 0.817. The van der Waals surface area contributed by atoms with Gasteiger partial charge in [-0.3, -0.25) is 4.79 Å². The minimum Gasteiger partial charge on any atom is -0.339 e. The number of thioether (sulfide) groups is 1. The first kappa shape index (κ1) is 12.0. The third kappa shape index (κ3) is 2.25. The standard InChI is InChI=1S/C12H17N3O2S/c1-18-7-10(16)15-6-2-3-9(15)11-13-12(17-14-11)8-4-5-8/h8-9H,2-7H2,1H3/t9-/m0/s1. The molecule has 1 atom stereocenters. The Morgan fingerprint density at radius 2 is 2.33 bits per heavy atom. The van der Waals surface area contributed by atoms with E-state index >= 15 is 0 Å². The van der Waals surface area contributed by atoms with Crippen LogP contribution in [0.4, 0.5) is 0 Å². The van der Waals surface area contributed by atoms with Crippen molar-refractivity contribution in [3.63, 3.8) is 0 Å². The molecule has 0 N–H and O–H groups in total. The van der Waals surface area contributed by atoms with E-state index in [1.807, 2.05) is 11.2 Å². The predicted molar refractivity (Wildman–Crippen MR) is 68.3 cm³/mol. The van der Waals surface area contributed by atoms with Crippen LogP contribution in [0, 0.1) is 0 Å². The van der Waals surface area contributed by atoms with E-state index in [9.17, 15) is 4.79 Å². The molecule has 1 aromatic rings. The molecule has 1 aromatic heterocycles. The molecule has 2 fully saturated rings. The molecule has 3 rings (SSSR count). The molecule has 0 radical (unpaired) electrons. The van der Waals surface area contributed by atoms with E-state index in [2.05, 4.69) is 10.1 Å². The second kappa shape index (κ2) is 4.91. The summed E-state index contributed by atoms with van der Waals surface area (Å²) in [7, 11) is 0. The van der Waals surface area contributed by atoms with Gasteiger partial charge in [-0.1, -0.05) is 5.16 Å². The van der Waals surface area contributed by atoms with Gasteiger partial charge < -0.3 is 9.42 Å². The van der Waals surface area contributed by atoms with Gasteiger partial charge in [0.05, 0.1) is 11.8 Å². The van der Waals surface area contributed by atoms with E-state index in [0.717, 1.165) is 38.1 Å². The van der Waals surface area contributed by atoms with Gasteiger partial charge >= 0.3 is 0 Å². The maximum absolute atomic E-state index is 12.0. The van der Waals surface area contributed by atoms with Crippen molar-refractivity contribution in [1.29, 1.82) is 0 Å². The number of nitrogens with zero attached hydrogens (tertiary/aromatic N) is 3. The second-order valence-electron chi connectivity index (χ2n) is 4.94. The summed E-state index contributed by atoms with van der Waals surface area (Å²) in [5, 5.41) is 4.07. The van der Waals surface area contributed by atoms with Crippen molar-refractivity contribution in [2.75, 3.05) is 18.6 Å². The first-order valence-corrected chi connectivity index (χ1v) is 7.81. The fourth-order valence-electron chi connectivity index (χ4n) is 2.42. The van der Waals surface area contributed by atoms with Crippen molar-refractivity contribution in [2.24, 2.45) is 0 Å². The van der Waals surface area contributed by atoms with Gasteiger partial charge in [0, 0.05) is 12.5 Å². The lowest BCUT2D eigenvalue weighted by Crippen LogP contribution is -2.32. The molecule has 1 saturated heterocycles. The molecule has 98 valence electrons. The maximum atomic E-state index is 12.0. The number of rotatable bonds is 4. The normalized spacial score (nSPS) is 23.6. The Morgan fingerprint density at radius 1 is 1.50 bits per heavy atom. The summed E-state index contributed by atoms with van der Waals surface area (Å²) in [6.07, 6.45) is 6.23. The minimum atomic E-state index is 0.0286. The molecule has 0 unspecified atom stereocenters. The summed E-state index contributed by atoms with van der Waals surface area (Å²) in [5.74, 6) is 2.65. The number of amides is 1. The Hall–Kier alpha value is -1.04. The van der Waals surface area contributed by atoms with Gasteiger partial charge in [0.25, 0.3) is 0 Å². The van der Waals surface area contributed by atoms with Crippen LogP contribution in [-0.2, 0) is 4.79 Å². The molecule has 5 nitrogen and oxygen atoms in total. The highest BCUT2D eigenvalue weighted by Gasteiger charge is 2.35. The van der Waals surface area contributed by atoms with E-state index in [4.69, 9.17) is 4.52 Å². The third-order valence-electron chi connectivity index (χ3n) is 3.52. The number of hydrogen-bond acceptors (Lipinski definition) is 5. The molecular formula is C12H17N3O2S. The quantitative estimate of drug-likeness (QED) is 0.834. The molecule has 2 heterocycles. The van der Waals surface area contributed by atoms with Gasteiger partial charge in [0.2, 0.25) is 11.8 Å². The van der Waals surface area contributed by atoms with Gasteiger partial charge in [-0.25, -0.2) is 0 Å². The van der Waals surface area contributed by atoms with Crippen LogP contribution in [0.5, 0.6) is 0 Å². The molecule has 18 heavy (non-hydrogen) atoms. The summed E-state index contributed by atoms with van der Waals surface area (Å²) in [4.78, 5) is 18.4. The lowest BCUT2D eigenvalue weighted by molar-refractivity contribution is -0.129. The monoisotopic (exact) mass is 267 g/mol. The highest BCUT2D eigenvalue weighted by Crippen LogP contribution is 2.40. The van der Waals surface area contributed by atoms with Crippen LogP contribution in [0.2, 0.25) is 0 Å². The highest BCUT2D eigenvalue weighted by molar-refractivity contribution is 7.99. The first-order valence-electron chi connectivity index (χ1n) is 6.41. The molecule has 0 aromatic carbocycles. The fraction of sp³-hybridized carbons (Fsp3) is 0.750. The SMILES string of the molecule is CSCC(=O)N1CCC[C@H]1c1noc(C2CC2)n1. The molecule has 1 amide bonds. The molecule has 1 aliphatic heterocycles. The molecule has 6 heteroatoms. The molecule has 1 aliphatic carbocycles. The Bertz CT molecular complexity index is 444. The fourth-order valence-corrected chi connectivity index (χ4v) is 2.83.